The molecule has 2 aliphatic carbocycles. The van der Waals surface area contributed by atoms with Crippen LogP contribution in [0.25, 0.3) is 56.3 Å². The molecule has 7 aromatic carbocycles. The Hall–Kier alpha value is -9.25. The molecule has 4 aliphatic rings. The maximum Gasteiger partial charge on any atom is 0.155 e. The quantitative estimate of drug-likeness (QED) is 0.0488. The zero-order chi connectivity index (χ0) is 74.3. The Morgan fingerprint density at radius 2 is 0.944 bits per heavy atom. The maximum absolute atomic E-state index is 10.0. The number of aromatic nitrogens is 3. The maximum atomic E-state index is 10.0. The van der Waals surface area contributed by atoms with Gasteiger partial charge < -0.3 is 28.4 Å². The minimum atomic E-state index is -0.125. The van der Waals surface area contributed by atoms with E-state index in [0.29, 0.717) is 23.6 Å². The van der Waals surface area contributed by atoms with Crippen molar-refractivity contribution in [2.75, 3.05) is 0 Å². The molecule has 0 spiro atoms. The Balaban J connectivity index is 0.000000620. The van der Waals surface area contributed by atoms with Crippen LogP contribution in [0.15, 0.2) is 280 Å². The predicted molar refractivity (Wildman–Crippen MR) is 400 cm³/mol. The van der Waals surface area contributed by atoms with Gasteiger partial charge >= 0.3 is 0 Å². The molecule has 14 rings (SSSR count). The normalized spacial score (nSPS) is 14.2. The number of ketones is 7. The number of fused-ring (bicyclic) bond motifs is 3. The first-order chi connectivity index (χ1) is 49.6. The van der Waals surface area contributed by atoms with Crippen LogP contribution in [0.2, 0.25) is 0 Å². The van der Waals surface area contributed by atoms with Crippen LogP contribution in [-0.2, 0) is 144 Å². The van der Waals surface area contributed by atoms with Gasteiger partial charge in [0.1, 0.15) is 88.3 Å². The van der Waals surface area contributed by atoms with Crippen LogP contribution in [0.1, 0.15) is 91.3 Å². The second-order valence-corrected chi connectivity index (χ2v) is 23.2. The zero-order valence-electron chi connectivity index (χ0n) is 60.5. The van der Waals surface area contributed by atoms with Gasteiger partial charge in [-0.3, -0.25) is 53.5 Å². The monoisotopic (exact) mass is 2340 g/mol. The summed E-state index contributed by atoms with van der Waals surface area (Å²) in [7, 11) is 0. The van der Waals surface area contributed by atoms with E-state index in [1.54, 1.807) is 24.9 Å². The van der Waals surface area contributed by atoms with E-state index in [1.165, 1.54) is 72.4 Å². The standard InChI is InChI=1S/C17H12NO.C15H10NO.C13H10NO.C12H10N.C9H6NO.4C5H8O2.5Ir/c1-2-8-13-12(6-1)7-5-9-14(13)17-18-15-10-3-4-11-16(15)19-17;1-3-7-12(8-4-1)14-11-16-15(17-14)13-9-5-2-6-10-13;1-2-6-10(7-3-1)13-14-11-8-4-5-9-12(11)15-13;1-10-5-7-11(8-6-10)12-4-2-3-9-13-12;1-2-4-8(5-3-1)9-10-6-7-11-9;4*1-4(6)3-5(2)7;;;;;/h1-8,10-11,15-16H;1-9,11H;1-6,8-9,11-12H;2-7,9H,1H3;1-4,6-7H;3*3H2,1-2H3;3,6H,1-2H3;;;;;/q5*-1;;;;;;;;;. The number of benzene rings is 7. The number of allylic oxidation sites excluding steroid dienone is 6. The largest absolute Gasteiger partial charge is 0.512 e. The van der Waals surface area contributed by atoms with Crippen LogP contribution in [0.4, 0.5) is 0 Å². The molecule has 4 atom stereocenters. The number of aliphatic hydroxyl groups excluding tert-OH is 1. The van der Waals surface area contributed by atoms with Gasteiger partial charge in [0.25, 0.3) is 0 Å². The smallest absolute Gasteiger partial charge is 0.155 e. The molecule has 0 saturated heterocycles. The first-order valence-electron chi connectivity index (χ1n) is 32.8. The van der Waals surface area contributed by atoms with Crippen molar-refractivity contribution < 1.29 is 158 Å². The Kier molecular flexibility index (Phi) is 47.9. The topological polar surface area (TPSA) is 248 Å². The van der Waals surface area contributed by atoms with Gasteiger partial charge in [-0.15, -0.1) is 150 Å². The number of hydrogen-bond acceptors (Lipinski definition) is 17. The van der Waals surface area contributed by atoms with Gasteiger partial charge in [-0.25, -0.2) is 0 Å². The second-order valence-electron chi connectivity index (χ2n) is 23.2. The molecule has 5 heterocycles. The summed E-state index contributed by atoms with van der Waals surface area (Å²) in [6, 6.07) is 73.0. The van der Waals surface area contributed by atoms with Crippen molar-refractivity contribution in [3.63, 3.8) is 0 Å². The van der Waals surface area contributed by atoms with E-state index in [1.807, 2.05) is 188 Å². The van der Waals surface area contributed by atoms with E-state index in [0.717, 1.165) is 50.2 Å². The van der Waals surface area contributed by atoms with Gasteiger partial charge in [0.2, 0.25) is 0 Å². The van der Waals surface area contributed by atoms with Gasteiger partial charge in [0.15, 0.2) is 5.78 Å². The summed E-state index contributed by atoms with van der Waals surface area (Å²) in [5, 5.41) is 10.7. The first kappa shape index (κ1) is 96.8. The van der Waals surface area contributed by atoms with Crippen molar-refractivity contribution in [2.24, 2.45) is 9.98 Å². The molecule has 4 unspecified atom stereocenters. The number of ether oxygens (including phenoxy) is 2. The molecule has 571 valence electrons. The molecular weight excluding hydrogens is 2260 g/mol. The van der Waals surface area contributed by atoms with Crippen molar-refractivity contribution in [1.29, 1.82) is 0 Å². The molecule has 0 saturated carbocycles. The number of aliphatic imine (C=N–C) groups is 2. The summed E-state index contributed by atoms with van der Waals surface area (Å²) in [5.74, 6) is 2.95. The molecule has 0 fully saturated rings. The third-order valence-corrected chi connectivity index (χ3v) is 13.7. The molecule has 22 heteroatoms. The number of Topliss-reactive ketones (excluding diaryl/α,β-unsaturated/α-hetero) is 6. The number of nitrogens with zero attached hydrogens (tertiary/aromatic N) is 5. The van der Waals surface area contributed by atoms with Crippen LogP contribution in [0, 0.1) is 37.3 Å². The third-order valence-electron chi connectivity index (χ3n) is 13.7. The van der Waals surface area contributed by atoms with E-state index in [2.05, 4.69) is 98.6 Å². The van der Waals surface area contributed by atoms with Crippen molar-refractivity contribution in [3.8, 4) is 45.5 Å². The summed E-state index contributed by atoms with van der Waals surface area (Å²) in [6.45, 7) is 13.3. The van der Waals surface area contributed by atoms with Crippen LogP contribution in [-0.4, -0.2) is 96.6 Å². The zero-order valence-corrected chi connectivity index (χ0v) is 72.5. The van der Waals surface area contributed by atoms with E-state index < -0.39 is 0 Å². The SMILES string of the molecule is CC(=O)C=C(C)O.CC(=O)CC(C)=O.CC(=O)CC(C)=O.CC(=O)CC(C)=O.Cc1c[c-]c(-c2ccccn2)cc1.[Ir].[Ir].[Ir].[Ir].[Ir].[c-]1ccc2ccccc2c1C1=NC2C=CC=CC2O1.[c-]1ccccc1-c1ncc(-c2ccccc2)o1.[c-]1ccccc1-c1ncco1.[c-]1ccccc1C1=NC2C=CC=CC2O1. The predicted octanol–water partition coefficient (Wildman–Crippen LogP) is 16.9. The van der Waals surface area contributed by atoms with E-state index >= 15 is 0 Å². The minimum Gasteiger partial charge on any atom is -0.512 e. The molecule has 5 radical (unpaired) electrons. The van der Waals surface area contributed by atoms with E-state index in [4.69, 9.17) is 23.4 Å². The Morgan fingerprint density at radius 1 is 0.454 bits per heavy atom. The van der Waals surface area contributed by atoms with Gasteiger partial charge in [-0.1, -0.05) is 138 Å². The summed E-state index contributed by atoms with van der Waals surface area (Å²) in [6.07, 6.45) is 24.5. The van der Waals surface area contributed by atoms with Crippen molar-refractivity contribution in [2.45, 2.75) is 106 Å². The molecule has 0 bridgehead atoms. The van der Waals surface area contributed by atoms with Gasteiger partial charge in [-0.2, -0.15) is 0 Å². The number of pyridine rings is 1. The number of hydrogen-bond donors (Lipinski definition) is 1. The number of rotatable bonds is 13. The van der Waals surface area contributed by atoms with Crippen molar-refractivity contribution in [1.82, 2.24) is 15.0 Å². The fraction of sp³-hybridized carbons (Fsp3) is 0.186. The van der Waals surface area contributed by atoms with Gasteiger partial charge in [-0.05, 0) is 79.3 Å². The van der Waals surface area contributed by atoms with Crippen LogP contribution < -0.4 is 0 Å². The average molecular weight is 2340 g/mol. The molecule has 1 N–H and O–H groups in total. The Morgan fingerprint density at radius 3 is 1.39 bits per heavy atom. The number of carbonyl (C=O) groups excluding carboxylic acids is 7. The number of oxazole rings is 2. The second kappa shape index (κ2) is 53.5. The summed E-state index contributed by atoms with van der Waals surface area (Å²) in [4.78, 5) is 91.9. The van der Waals surface area contributed by atoms with E-state index in [9.17, 15) is 33.6 Å². The fourth-order valence-electron chi connectivity index (χ4n) is 9.39. The summed E-state index contributed by atoms with van der Waals surface area (Å²) >= 11 is 0. The summed E-state index contributed by atoms with van der Waals surface area (Å²) < 4.78 is 22.5. The number of aryl methyl sites for hydroxylation is 1. The molecule has 3 aromatic heterocycles. The Bertz CT molecular complexity index is 4430. The third kappa shape index (κ3) is 36.6. The van der Waals surface area contributed by atoms with Crippen LogP contribution in [0.3, 0.4) is 0 Å². The fourth-order valence-corrected chi connectivity index (χ4v) is 9.39. The molecular formula is C86H80Ir5N5O12-5. The minimum absolute atomic E-state index is 0. The first-order valence-corrected chi connectivity index (χ1v) is 32.8. The van der Waals surface area contributed by atoms with Gasteiger partial charge in [0.05, 0.1) is 43.7 Å². The molecule has 17 nitrogen and oxygen atoms in total. The molecule has 10 aromatic rings. The number of aliphatic hydroxyl groups is 1. The molecule has 108 heavy (non-hydrogen) atoms. The molecule has 2 aliphatic heterocycles. The molecule has 0 amide bonds. The Labute approximate surface area is 698 Å². The summed E-state index contributed by atoms with van der Waals surface area (Å²) in [5.41, 5.74) is 7.91. The van der Waals surface area contributed by atoms with Crippen LogP contribution in [0.5, 0.6) is 0 Å². The van der Waals surface area contributed by atoms with E-state index in [-0.39, 0.29) is 190 Å². The van der Waals surface area contributed by atoms with Crippen LogP contribution >= 0.6 is 0 Å². The van der Waals surface area contributed by atoms with Crippen molar-refractivity contribution in [3.05, 3.63) is 308 Å². The number of carbonyl (C=O) groups is 7. The van der Waals surface area contributed by atoms with Gasteiger partial charge in [0, 0.05) is 118 Å². The average Bonchev–Trinajstić information content (AvgIpc) is 1.59. The van der Waals surface area contributed by atoms with Crippen molar-refractivity contribution >= 4 is 63.1 Å².